The lowest BCUT2D eigenvalue weighted by Gasteiger charge is -2.27. The predicted octanol–water partition coefficient (Wildman–Crippen LogP) is 3.70. The third-order valence-corrected chi connectivity index (χ3v) is 5.87. The first-order valence-electron chi connectivity index (χ1n) is 9.17. The first-order chi connectivity index (χ1) is 13.2. The summed E-state index contributed by atoms with van der Waals surface area (Å²) in [5.41, 5.74) is 2.48. The Morgan fingerprint density at radius 2 is 2.11 bits per heavy atom. The van der Waals surface area contributed by atoms with Gasteiger partial charge in [-0.05, 0) is 47.5 Å². The summed E-state index contributed by atoms with van der Waals surface area (Å²) in [7, 11) is 1.74. The zero-order valence-electron chi connectivity index (χ0n) is 15.9. The molecule has 3 rings (SSSR count). The van der Waals surface area contributed by atoms with Gasteiger partial charge in [-0.3, -0.25) is 9.79 Å². The van der Waals surface area contributed by atoms with Crippen molar-refractivity contribution in [2.75, 3.05) is 26.7 Å². The van der Waals surface area contributed by atoms with Gasteiger partial charge in [-0.15, -0.1) is 35.3 Å². The summed E-state index contributed by atoms with van der Waals surface area (Å²) >= 11 is 7.79. The summed E-state index contributed by atoms with van der Waals surface area (Å²) in [6, 6.07) is 9.98. The molecule has 8 heteroatoms. The van der Waals surface area contributed by atoms with Crippen molar-refractivity contribution in [3.05, 3.63) is 56.7 Å². The maximum absolute atomic E-state index is 12.4. The van der Waals surface area contributed by atoms with Crippen LogP contribution in [0.15, 0.2) is 40.7 Å². The minimum atomic E-state index is 0. The highest BCUT2D eigenvalue weighted by molar-refractivity contribution is 14.0. The van der Waals surface area contributed by atoms with Crippen molar-refractivity contribution in [2.45, 2.75) is 25.8 Å². The number of nitrogens with one attached hydrogen (secondary N) is 2. The van der Waals surface area contributed by atoms with Crippen LogP contribution in [0, 0.1) is 0 Å². The summed E-state index contributed by atoms with van der Waals surface area (Å²) < 4.78 is 0. The summed E-state index contributed by atoms with van der Waals surface area (Å²) in [5.74, 6) is 0.900. The van der Waals surface area contributed by atoms with Crippen molar-refractivity contribution in [1.82, 2.24) is 15.5 Å². The largest absolute Gasteiger partial charge is 0.356 e. The Hall–Kier alpha value is -1.32. The number of hydrogen-bond donors (Lipinski definition) is 2. The van der Waals surface area contributed by atoms with Crippen LogP contribution in [0.3, 0.4) is 0 Å². The molecule has 1 aliphatic heterocycles. The third kappa shape index (κ3) is 6.63. The topological polar surface area (TPSA) is 56.7 Å². The molecule has 2 heterocycles. The lowest BCUT2D eigenvalue weighted by Crippen LogP contribution is -2.41. The zero-order valence-corrected chi connectivity index (χ0v) is 19.8. The standard InChI is InChI=1S/C20H25ClN4OS.HI/c1-22-20(23-9-5-15-3-2-4-17(21)13-15)24-10-6-19(26)25-11-7-18-16(14-25)8-12-27-18;/h2-4,8,12-13H,5-7,9-11,14H2,1H3,(H2,22,23,24);1H. The Morgan fingerprint density at radius 3 is 2.89 bits per heavy atom. The summed E-state index contributed by atoms with van der Waals surface area (Å²) in [4.78, 5) is 20.0. The minimum Gasteiger partial charge on any atom is -0.356 e. The van der Waals surface area contributed by atoms with Crippen LogP contribution in [0.4, 0.5) is 0 Å². The molecule has 0 radical (unpaired) electrons. The first kappa shape index (κ1) is 23.0. The second kappa shape index (κ2) is 11.6. The maximum atomic E-state index is 12.4. The number of guanidine groups is 1. The molecule has 1 aliphatic rings. The molecule has 5 nitrogen and oxygen atoms in total. The fourth-order valence-corrected chi connectivity index (χ4v) is 4.25. The predicted molar refractivity (Wildman–Crippen MR) is 128 cm³/mol. The van der Waals surface area contributed by atoms with Gasteiger partial charge in [0.05, 0.1) is 0 Å². The number of thiophene rings is 1. The summed E-state index contributed by atoms with van der Waals surface area (Å²) in [6.45, 7) is 2.88. The zero-order chi connectivity index (χ0) is 19.1. The van der Waals surface area contributed by atoms with Gasteiger partial charge < -0.3 is 15.5 Å². The highest BCUT2D eigenvalue weighted by atomic mass is 127. The highest BCUT2D eigenvalue weighted by Gasteiger charge is 2.20. The average molecular weight is 533 g/mol. The molecule has 152 valence electrons. The van der Waals surface area contributed by atoms with Crippen LogP contribution in [0.1, 0.15) is 22.4 Å². The Balaban J connectivity index is 0.00000280. The lowest BCUT2D eigenvalue weighted by atomic mass is 10.1. The SMILES string of the molecule is CN=C(NCCC(=O)N1CCc2sccc2C1)NCCc1cccc(Cl)c1.I. The Bertz CT molecular complexity index is 811. The molecule has 0 fully saturated rings. The molecular formula is C20H26ClIN4OS. The van der Waals surface area contributed by atoms with E-state index in [9.17, 15) is 4.79 Å². The molecule has 0 saturated carbocycles. The number of benzene rings is 1. The van der Waals surface area contributed by atoms with Gasteiger partial charge in [0.1, 0.15) is 0 Å². The van der Waals surface area contributed by atoms with Crippen molar-refractivity contribution in [3.8, 4) is 0 Å². The van der Waals surface area contributed by atoms with Crippen molar-refractivity contribution in [1.29, 1.82) is 0 Å². The molecule has 28 heavy (non-hydrogen) atoms. The van der Waals surface area contributed by atoms with Crippen LogP contribution in [0.2, 0.25) is 5.02 Å². The average Bonchev–Trinajstić information content (AvgIpc) is 3.14. The van der Waals surface area contributed by atoms with Gasteiger partial charge in [0.15, 0.2) is 5.96 Å². The van der Waals surface area contributed by atoms with Crippen molar-refractivity contribution >= 4 is 58.8 Å². The maximum Gasteiger partial charge on any atom is 0.224 e. The molecule has 0 unspecified atom stereocenters. The number of nitrogens with zero attached hydrogens (tertiary/aromatic N) is 2. The van der Waals surface area contributed by atoms with E-state index in [1.165, 1.54) is 16.0 Å². The number of aliphatic imine (C=N–C) groups is 1. The van der Waals surface area contributed by atoms with E-state index in [1.807, 2.05) is 23.1 Å². The normalized spacial score (nSPS) is 13.5. The van der Waals surface area contributed by atoms with Gasteiger partial charge in [-0.25, -0.2) is 0 Å². The number of hydrogen-bond acceptors (Lipinski definition) is 3. The second-order valence-electron chi connectivity index (χ2n) is 6.49. The number of halogens is 2. The van der Waals surface area contributed by atoms with Crippen molar-refractivity contribution in [3.63, 3.8) is 0 Å². The smallest absolute Gasteiger partial charge is 0.224 e. The van der Waals surface area contributed by atoms with Gasteiger partial charge in [0, 0.05) is 49.5 Å². The van der Waals surface area contributed by atoms with Gasteiger partial charge in [0.2, 0.25) is 5.91 Å². The molecule has 2 N–H and O–H groups in total. The van der Waals surface area contributed by atoms with E-state index in [1.54, 1.807) is 18.4 Å². The van der Waals surface area contributed by atoms with E-state index in [4.69, 9.17) is 11.6 Å². The molecule has 0 atom stereocenters. The van der Waals surface area contributed by atoms with E-state index >= 15 is 0 Å². The van der Waals surface area contributed by atoms with E-state index < -0.39 is 0 Å². The number of rotatable bonds is 6. The molecule has 2 aromatic rings. The van der Waals surface area contributed by atoms with E-state index in [0.717, 1.165) is 37.5 Å². The molecule has 1 aromatic carbocycles. The van der Waals surface area contributed by atoms with Gasteiger partial charge in [0.25, 0.3) is 0 Å². The molecular weight excluding hydrogens is 507 g/mol. The monoisotopic (exact) mass is 532 g/mol. The minimum absolute atomic E-state index is 0. The van der Waals surface area contributed by atoms with Crippen LogP contribution < -0.4 is 10.6 Å². The third-order valence-electron chi connectivity index (χ3n) is 4.61. The van der Waals surface area contributed by atoms with Crippen LogP contribution in [-0.2, 0) is 24.2 Å². The highest BCUT2D eigenvalue weighted by Crippen LogP contribution is 2.24. The number of carbonyl (C=O) groups is 1. The van der Waals surface area contributed by atoms with E-state index in [2.05, 4.69) is 33.1 Å². The van der Waals surface area contributed by atoms with E-state index in [-0.39, 0.29) is 29.9 Å². The molecule has 0 bridgehead atoms. The van der Waals surface area contributed by atoms with Crippen LogP contribution in [0.5, 0.6) is 0 Å². The quantitative estimate of drug-likeness (QED) is 0.339. The number of carbonyl (C=O) groups excluding carboxylic acids is 1. The molecule has 0 saturated heterocycles. The van der Waals surface area contributed by atoms with Crippen molar-refractivity contribution < 1.29 is 4.79 Å². The Morgan fingerprint density at radius 1 is 1.29 bits per heavy atom. The molecule has 1 aromatic heterocycles. The van der Waals surface area contributed by atoms with Gasteiger partial charge >= 0.3 is 0 Å². The molecule has 1 amide bonds. The fraction of sp³-hybridized carbons (Fsp3) is 0.400. The van der Waals surface area contributed by atoms with Crippen LogP contribution in [0.25, 0.3) is 0 Å². The van der Waals surface area contributed by atoms with Gasteiger partial charge in [-0.2, -0.15) is 0 Å². The van der Waals surface area contributed by atoms with Crippen LogP contribution in [-0.4, -0.2) is 43.4 Å². The summed E-state index contributed by atoms with van der Waals surface area (Å²) in [5, 5.41) is 9.35. The second-order valence-corrected chi connectivity index (χ2v) is 7.93. The lowest BCUT2D eigenvalue weighted by molar-refractivity contribution is -0.131. The number of amides is 1. The Labute approximate surface area is 192 Å². The van der Waals surface area contributed by atoms with E-state index in [0.29, 0.717) is 18.9 Å². The van der Waals surface area contributed by atoms with Gasteiger partial charge in [-0.1, -0.05) is 23.7 Å². The molecule has 0 aliphatic carbocycles. The number of fused-ring (bicyclic) bond motifs is 1. The Kier molecular flexibility index (Phi) is 9.53. The van der Waals surface area contributed by atoms with Crippen molar-refractivity contribution in [2.24, 2.45) is 4.99 Å². The fourth-order valence-electron chi connectivity index (χ4n) is 3.15. The molecule has 0 spiro atoms. The first-order valence-corrected chi connectivity index (χ1v) is 10.4. The summed E-state index contributed by atoms with van der Waals surface area (Å²) in [6.07, 6.45) is 2.30. The van der Waals surface area contributed by atoms with Crippen LogP contribution >= 0.6 is 46.9 Å².